The third-order valence-electron chi connectivity index (χ3n) is 4.31. The number of amides is 1. The molecule has 7 nitrogen and oxygen atoms in total. The molecule has 7 heteroatoms. The summed E-state index contributed by atoms with van der Waals surface area (Å²) in [5, 5.41) is 2.98. The lowest BCUT2D eigenvalue weighted by atomic mass is 9.97. The van der Waals surface area contributed by atoms with Gasteiger partial charge in [0.25, 0.3) is 0 Å². The molecule has 1 N–H and O–H groups in total. The van der Waals surface area contributed by atoms with Crippen LogP contribution in [-0.2, 0) is 4.79 Å². The smallest absolute Gasteiger partial charge is 0.231 e. The molecule has 2 aromatic rings. The third-order valence-corrected chi connectivity index (χ3v) is 4.31. The molecular formula is C17H18N4O3. The van der Waals surface area contributed by atoms with Gasteiger partial charge in [-0.25, -0.2) is 4.98 Å². The molecule has 0 radical (unpaired) electrons. The number of rotatable bonds is 3. The number of piperidine rings is 1. The second-order valence-electron chi connectivity index (χ2n) is 5.91. The van der Waals surface area contributed by atoms with Crippen LogP contribution < -0.4 is 19.7 Å². The molecule has 0 saturated carbocycles. The SMILES string of the molecule is O=C(Nc1ccc2c(c1)OCO2)[C@@H]1CCCN(c2cnccn2)C1. The summed E-state index contributed by atoms with van der Waals surface area (Å²) in [6.45, 7) is 1.77. The molecule has 124 valence electrons. The quantitative estimate of drug-likeness (QED) is 0.930. The molecule has 4 rings (SSSR count). The van der Waals surface area contributed by atoms with Crippen molar-refractivity contribution in [2.75, 3.05) is 30.1 Å². The van der Waals surface area contributed by atoms with Gasteiger partial charge < -0.3 is 19.7 Å². The lowest BCUT2D eigenvalue weighted by Gasteiger charge is -2.32. The lowest BCUT2D eigenvalue weighted by molar-refractivity contribution is -0.120. The van der Waals surface area contributed by atoms with E-state index in [1.165, 1.54) is 0 Å². The molecule has 0 spiro atoms. The number of nitrogens with zero attached hydrogens (tertiary/aromatic N) is 3. The van der Waals surface area contributed by atoms with E-state index in [9.17, 15) is 4.79 Å². The second kappa shape index (κ2) is 6.35. The van der Waals surface area contributed by atoms with Crippen LogP contribution in [0.25, 0.3) is 0 Å². The van der Waals surface area contributed by atoms with Crippen molar-refractivity contribution in [1.29, 1.82) is 0 Å². The first-order valence-electron chi connectivity index (χ1n) is 8.01. The fraction of sp³-hybridized carbons (Fsp3) is 0.353. The molecule has 0 aliphatic carbocycles. The molecule has 0 unspecified atom stereocenters. The number of aromatic nitrogens is 2. The van der Waals surface area contributed by atoms with Gasteiger partial charge in [0.2, 0.25) is 12.7 Å². The minimum absolute atomic E-state index is 0.0162. The van der Waals surface area contributed by atoms with Gasteiger partial charge >= 0.3 is 0 Å². The fourth-order valence-electron chi connectivity index (χ4n) is 3.07. The average Bonchev–Trinajstić information content (AvgIpc) is 3.10. The summed E-state index contributed by atoms with van der Waals surface area (Å²) in [4.78, 5) is 23.1. The molecule has 1 amide bonds. The van der Waals surface area contributed by atoms with Crippen LogP contribution in [0.3, 0.4) is 0 Å². The van der Waals surface area contributed by atoms with E-state index in [0.29, 0.717) is 18.0 Å². The summed E-state index contributed by atoms with van der Waals surface area (Å²) in [6, 6.07) is 5.43. The predicted molar refractivity (Wildman–Crippen MR) is 88.2 cm³/mol. The van der Waals surface area contributed by atoms with Crippen LogP contribution in [0.5, 0.6) is 11.5 Å². The lowest BCUT2D eigenvalue weighted by Crippen LogP contribution is -2.41. The highest BCUT2D eigenvalue weighted by atomic mass is 16.7. The topological polar surface area (TPSA) is 76.6 Å². The van der Waals surface area contributed by atoms with Gasteiger partial charge in [-0.15, -0.1) is 0 Å². The predicted octanol–water partition coefficient (Wildman–Crippen LogP) is 2.06. The Balaban J connectivity index is 1.42. The number of hydrogen-bond donors (Lipinski definition) is 1. The van der Waals surface area contributed by atoms with Crippen molar-refractivity contribution in [2.24, 2.45) is 5.92 Å². The Kier molecular flexibility index (Phi) is 3.90. The Morgan fingerprint density at radius 2 is 2.17 bits per heavy atom. The Morgan fingerprint density at radius 3 is 3.04 bits per heavy atom. The minimum atomic E-state index is -0.0776. The average molecular weight is 326 g/mol. The van der Waals surface area contributed by atoms with Gasteiger partial charge in [-0.3, -0.25) is 9.78 Å². The van der Waals surface area contributed by atoms with Crippen LogP contribution in [0.1, 0.15) is 12.8 Å². The Hall–Kier alpha value is -2.83. The number of benzene rings is 1. The maximum absolute atomic E-state index is 12.6. The van der Waals surface area contributed by atoms with E-state index in [2.05, 4.69) is 20.2 Å². The second-order valence-corrected chi connectivity index (χ2v) is 5.91. The summed E-state index contributed by atoms with van der Waals surface area (Å²) in [7, 11) is 0. The summed E-state index contributed by atoms with van der Waals surface area (Å²) >= 11 is 0. The van der Waals surface area contributed by atoms with Gasteiger partial charge in [-0.2, -0.15) is 0 Å². The van der Waals surface area contributed by atoms with Gasteiger partial charge in [0.1, 0.15) is 5.82 Å². The van der Waals surface area contributed by atoms with Crippen molar-refractivity contribution in [3.63, 3.8) is 0 Å². The van der Waals surface area contributed by atoms with Crippen molar-refractivity contribution in [2.45, 2.75) is 12.8 Å². The summed E-state index contributed by atoms with van der Waals surface area (Å²) in [5.41, 5.74) is 0.723. The van der Waals surface area contributed by atoms with Crippen LogP contribution in [-0.4, -0.2) is 35.8 Å². The van der Waals surface area contributed by atoms with Crippen molar-refractivity contribution in [3.05, 3.63) is 36.8 Å². The highest BCUT2D eigenvalue weighted by Crippen LogP contribution is 2.34. The van der Waals surface area contributed by atoms with Crippen molar-refractivity contribution < 1.29 is 14.3 Å². The third kappa shape index (κ3) is 2.97. The number of fused-ring (bicyclic) bond motifs is 1. The molecule has 1 aromatic heterocycles. The minimum Gasteiger partial charge on any atom is -0.454 e. The van der Waals surface area contributed by atoms with E-state index in [1.54, 1.807) is 24.7 Å². The Labute approximate surface area is 139 Å². The van der Waals surface area contributed by atoms with Gasteiger partial charge in [0.15, 0.2) is 11.5 Å². The maximum Gasteiger partial charge on any atom is 0.231 e. The van der Waals surface area contributed by atoms with E-state index in [0.717, 1.165) is 30.9 Å². The number of carbonyl (C=O) groups excluding carboxylic acids is 1. The van der Waals surface area contributed by atoms with Gasteiger partial charge in [-0.05, 0) is 25.0 Å². The summed E-state index contributed by atoms with van der Waals surface area (Å²) in [5.74, 6) is 2.13. The van der Waals surface area contributed by atoms with E-state index in [4.69, 9.17) is 9.47 Å². The zero-order valence-corrected chi connectivity index (χ0v) is 13.1. The Morgan fingerprint density at radius 1 is 1.25 bits per heavy atom. The first-order chi connectivity index (χ1) is 11.8. The molecule has 2 aliphatic rings. The Bertz CT molecular complexity index is 738. The van der Waals surface area contributed by atoms with Crippen LogP contribution in [0.15, 0.2) is 36.8 Å². The molecule has 1 atom stereocenters. The maximum atomic E-state index is 12.6. The summed E-state index contributed by atoms with van der Waals surface area (Å²) in [6.07, 6.45) is 6.88. The zero-order valence-electron chi connectivity index (χ0n) is 13.1. The van der Waals surface area contributed by atoms with Crippen LogP contribution >= 0.6 is 0 Å². The normalized spacial score (nSPS) is 19.2. The molecule has 2 aliphatic heterocycles. The van der Waals surface area contributed by atoms with E-state index in [1.807, 2.05) is 12.1 Å². The van der Waals surface area contributed by atoms with Crippen molar-refractivity contribution >= 4 is 17.4 Å². The van der Waals surface area contributed by atoms with Crippen LogP contribution in [0, 0.1) is 5.92 Å². The first kappa shape index (κ1) is 14.7. The van der Waals surface area contributed by atoms with Crippen LogP contribution in [0.4, 0.5) is 11.5 Å². The molecule has 24 heavy (non-hydrogen) atoms. The highest BCUT2D eigenvalue weighted by Gasteiger charge is 2.27. The number of nitrogens with one attached hydrogen (secondary N) is 1. The number of hydrogen-bond acceptors (Lipinski definition) is 6. The molecule has 1 aromatic carbocycles. The molecule has 1 saturated heterocycles. The molecular weight excluding hydrogens is 308 g/mol. The highest BCUT2D eigenvalue weighted by molar-refractivity contribution is 5.93. The fourth-order valence-corrected chi connectivity index (χ4v) is 3.07. The van der Waals surface area contributed by atoms with E-state index < -0.39 is 0 Å². The largest absolute Gasteiger partial charge is 0.454 e. The van der Waals surface area contributed by atoms with Crippen molar-refractivity contribution in [3.8, 4) is 11.5 Å². The standard InChI is InChI=1S/C17H18N4O3/c22-17(20-13-3-4-14-15(8-13)24-11-23-14)12-2-1-7-21(10-12)16-9-18-5-6-19-16/h3-6,8-9,12H,1-2,7,10-11H2,(H,20,22)/t12-/m1/s1. The number of ether oxygens (including phenoxy) is 2. The van der Waals surface area contributed by atoms with Gasteiger partial charge in [-0.1, -0.05) is 0 Å². The van der Waals surface area contributed by atoms with Gasteiger partial charge in [0, 0.05) is 37.2 Å². The van der Waals surface area contributed by atoms with E-state index >= 15 is 0 Å². The molecule has 3 heterocycles. The number of anilines is 2. The summed E-state index contributed by atoms with van der Waals surface area (Å²) < 4.78 is 10.6. The molecule has 1 fully saturated rings. The van der Waals surface area contributed by atoms with Gasteiger partial charge in [0.05, 0.1) is 12.1 Å². The van der Waals surface area contributed by atoms with Crippen molar-refractivity contribution in [1.82, 2.24) is 9.97 Å². The monoisotopic (exact) mass is 326 g/mol. The molecule has 0 bridgehead atoms. The zero-order chi connectivity index (χ0) is 16.4. The first-order valence-corrected chi connectivity index (χ1v) is 8.01. The van der Waals surface area contributed by atoms with Crippen LogP contribution in [0.2, 0.25) is 0 Å². The van der Waals surface area contributed by atoms with E-state index in [-0.39, 0.29) is 18.6 Å². The number of carbonyl (C=O) groups is 1.